The molecule has 0 spiro atoms. The van der Waals surface area contributed by atoms with Gasteiger partial charge in [-0.05, 0) is 76.2 Å². The van der Waals surface area contributed by atoms with Crippen LogP contribution in [0.4, 0.5) is 0 Å². The van der Waals surface area contributed by atoms with Crippen LogP contribution in [0, 0.1) is 0 Å². The van der Waals surface area contributed by atoms with Crippen molar-refractivity contribution in [3.63, 3.8) is 0 Å². The third-order valence-electron chi connectivity index (χ3n) is 6.57. The second-order valence-electron chi connectivity index (χ2n) is 11.0. The van der Waals surface area contributed by atoms with Crippen molar-refractivity contribution in [3.05, 3.63) is 60.7 Å². The van der Waals surface area contributed by atoms with Gasteiger partial charge in [0.2, 0.25) is 0 Å². The molecule has 0 aliphatic rings. The summed E-state index contributed by atoms with van der Waals surface area (Å²) in [6.07, 6.45) is -1.91. The van der Waals surface area contributed by atoms with Crippen molar-refractivity contribution in [3.8, 4) is 62.9 Å². The standard InChI is InChI=1S/C34H41N3O9/c1-20(2)43-16-23(38)18-45-28-10-6-8-26(30(28)40)33-35-32(22-12-14-25(42-5)15-13-22)36-34(37-33)27-9-7-11-29(31(27)41)46-19-24(39)17-44-21(3)4/h6-15,20-21,23-24,38-41H,16-19H2,1-5H3. The van der Waals surface area contributed by atoms with E-state index in [1.807, 2.05) is 27.7 Å². The Balaban J connectivity index is 1.70. The van der Waals surface area contributed by atoms with Gasteiger partial charge in [-0.3, -0.25) is 0 Å². The predicted molar refractivity (Wildman–Crippen MR) is 171 cm³/mol. The van der Waals surface area contributed by atoms with Crippen LogP contribution in [0.25, 0.3) is 34.2 Å². The van der Waals surface area contributed by atoms with Crippen LogP contribution in [0.5, 0.6) is 28.7 Å². The Morgan fingerprint density at radius 1 is 0.587 bits per heavy atom. The van der Waals surface area contributed by atoms with Gasteiger partial charge in [0.05, 0.1) is 43.7 Å². The highest BCUT2D eigenvalue weighted by molar-refractivity contribution is 5.74. The number of phenolic OH excluding ortho intramolecular Hbond substituents is 2. The van der Waals surface area contributed by atoms with Gasteiger partial charge in [0, 0.05) is 5.56 Å². The van der Waals surface area contributed by atoms with Crippen LogP contribution < -0.4 is 14.2 Å². The molecule has 0 aliphatic carbocycles. The first kappa shape index (κ1) is 34.4. The number of aromatic hydroxyl groups is 2. The van der Waals surface area contributed by atoms with Crippen LogP contribution in [0.3, 0.4) is 0 Å². The first-order valence-corrected chi connectivity index (χ1v) is 15.0. The van der Waals surface area contributed by atoms with Crippen LogP contribution in [-0.4, -0.2) is 93.3 Å². The van der Waals surface area contributed by atoms with Gasteiger partial charge in [0.15, 0.2) is 40.5 Å². The molecule has 12 nitrogen and oxygen atoms in total. The molecule has 12 heteroatoms. The summed E-state index contributed by atoms with van der Waals surface area (Å²) >= 11 is 0. The number of hydrogen-bond donors (Lipinski definition) is 4. The molecule has 46 heavy (non-hydrogen) atoms. The summed E-state index contributed by atoms with van der Waals surface area (Å²) < 4.78 is 27.6. The van der Waals surface area contributed by atoms with E-state index in [2.05, 4.69) is 15.0 Å². The van der Waals surface area contributed by atoms with E-state index in [0.29, 0.717) is 11.3 Å². The third kappa shape index (κ3) is 9.27. The summed E-state index contributed by atoms with van der Waals surface area (Å²) in [4.78, 5) is 13.9. The lowest BCUT2D eigenvalue weighted by Crippen LogP contribution is -2.25. The van der Waals surface area contributed by atoms with Gasteiger partial charge in [0.1, 0.15) is 31.2 Å². The van der Waals surface area contributed by atoms with Crippen molar-refractivity contribution < 1.29 is 44.1 Å². The fourth-order valence-corrected chi connectivity index (χ4v) is 4.20. The van der Waals surface area contributed by atoms with Crippen molar-refractivity contribution in [2.75, 3.05) is 33.5 Å². The summed E-state index contributed by atoms with van der Waals surface area (Å²) in [6, 6.07) is 16.8. The normalized spacial score (nSPS) is 12.7. The number of para-hydroxylation sites is 2. The number of phenols is 2. The Morgan fingerprint density at radius 2 is 1.02 bits per heavy atom. The van der Waals surface area contributed by atoms with Crippen LogP contribution >= 0.6 is 0 Å². The maximum absolute atomic E-state index is 11.2. The number of rotatable bonds is 16. The predicted octanol–water partition coefficient (Wildman–Crippen LogP) is 4.62. The molecule has 4 N–H and O–H groups in total. The Kier molecular flexibility index (Phi) is 12.1. The third-order valence-corrected chi connectivity index (χ3v) is 6.57. The molecule has 4 rings (SSSR count). The lowest BCUT2D eigenvalue weighted by molar-refractivity contribution is -0.0125. The van der Waals surface area contributed by atoms with E-state index in [9.17, 15) is 20.4 Å². The van der Waals surface area contributed by atoms with Crippen molar-refractivity contribution in [2.24, 2.45) is 0 Å². The van der Waals surface area contributed by atoms with Gasteiger partial charge >= 0.3 is 0 Å². The quantitative estimate of drug-likeness (QED) is 0.135. The number of nitrogens with zero attached hydrogens (tertiary/aromatic N) is 3. The first-order valence-electron chi connectivity index (χ1n) is 15.0. The summed E-state index contributed by atoms with van der Waals surface area (Å²) in [5.74, 6) is 0.878. The van der Waals surface area contributed by atoms with Gasteiger partial charge in [-0.2, -0.15) is 0 Å². The van der Waals surface area contributed by atoms with Crippen molar-refractivity contribution in [1.82, 2.24) is 15.0 Å². The molecule has 0 saturated carbocycles. The number of aliphatic hydroxyl groups excluding tert-OH is 2. The minimum absolute atomic E-state index is 0.0492. The molecule has 246 valence electrons. The molecule has 0 fully saturated rings. The van der Waals surface area contributed by atoms with Crippen LogP contribution in [-0.2, 0) is 9.47 Å². The molecule has 3 aromatic carbocycles. The minimum Gasteiger partial charge on any atom is -0.504 e. The number of aliphatic hydroxyl groups is 2. The van der Waals surface area contributed by atoms with E-state index in [0.717, 1.165) is 0 Å². The van der Waals surface area contributed by atoms with Gasteiger partial charge in [0.25, 0.3) is 0 Å². The van der Waals surface area contributed by atoms with E-state index in [4.69, 9.17) is 23.7 Å². The molecule has 0 aliphatic heterocycles. The average Bonchev–Trinajstić information content (AvgIpc) is 3.05. The van der Waals surface area contributed by atoms with E-state index >= 15 is 0 Å². The van der Waals surface area contributed by atoms with E-state index in [-0.39, 0.29) is 90.2 Å². The topological polar surface area (TPSA) is 166 Å². The number of hydrogen-bond acceptors (Lipinski definition) is 12. The number of benzene rings is 3. The Labute approximate surface area is 268 Å². The van der Waals surface area contributed by atoms with Crippen LogP contribution in [0.1, 0.15) is 27.7 Å². The largest absolute Gasteiger partial charge is 0.504 e. The van der Waals surface area contributed by atoms with Gasteiger partial charge in [-0.15, -0.1) is 0 Å². The fourth-order valence-electron chi connectivity index (χ4n) is 4.20. The summed E-state index contributed by atoms with van der Waals surface area (Å²) in [5.41, 5.74) is 1.11. The van der Waals surface area contributed by atoms with E-state index < -0.39 is 12.2 Å². The average molecular weight is 636 g/mol. The summed E-state index contributed by atoms with van der Waals surface area (Å²) in [5, 5.41) is 42.9. The maximum atomic E-state index is 11.2. The number of ether oxygens (including phenoxy) is 5. The molecule has 0 bridgehead atoms. The zero-order chi connectivity index (χ0) is 33.2. The minimum atomic E-state index is -0.905. The summed E-state index contributed by atoms with van der Waals surface area (Å²) in [6.45, 7) is 7.40. The molecule has 1 heterocycles. The summed E-state index contributed by atoms with van der Waals surface area (Å²) in [7, 11) is 1.57. The van der Waals surface area contributed by atoms with Gasteiger partial charge < -0.3 is 44.1 Å². The fraction of sp³-hybridized carbons (Fsp3) is 0.382. The van der Waals surface area contributed by atoms with Gasteiger partial charge in [-0.25, -0.2) is 15.0 Å². The molecule has 1 aromatic heterocycles. The highest BCUT2D eigenvalue weighted by Gasteiger charge is 2.21. The molecule has 0 saturated heterocycles. The highest BCUT2D eigenvalue weighted by atomic mass is 16.5. The Morgan fingerprint density at radius 3 is 1.43 bits per heavy atom. The number of aromatic nitrogens is 3. The van der Waals surface area contributed by atoms with Crippen LogP contribution in [0.2, 0.25) is 0 Å². The van der Waals surface area contributed by atoms with Gasteiger partial charge in [-0.1, -0.05) is 12.1 Å². The first-order chi connectivity index (χ1) is 22.0. The Bertz CT molecular complexity index is 1470. The maximum Gasteiger partial charge on any atom is 0.168 e. The lowest BCUT2D eigenvalue weighted by Gasteiger charge is -2.17. The van der Waals surface area contributed by atoms with Crippen molar-refractivity contribution in [1.29, 1.82) is 0 Å². The lowest BCUT2D eigenvalue weighted by atomic mass is 10.1. The smallest absolute Gasteiger partial charge is 0.168 e. The zero-order valence-electron chi connectivity index (χ0n) is 26.6. The SMILES string of the molecule is COc1ccc(-c2nc(-c3cccc(OCC(O)COC(C)C)c3O)nc(-c3cccc(OCC(O)COC(C)C)c3O)n2)cc1. The zero-order valence-corrected chi connectivity index (χ0v) is 26.6. The monoisotopic (exact) mass is 635 g/mol. The van der Waals surface area contributed by atoms with Crippen molar-refractivity contribution in [2.45, 2.75) is 52.1 Å². The molecular weight excluding hydrogens is 594 g/mol. The molecule has 2 unspecified atom stereocenters. The second kappa shape index (κ2) is 16.2. The van der Waals surface area contributed by atoms with Crippen molar-refractivity contribution >= 4 is 0 Å². The molecule has 2 atom stereocenters. The Hall–Kier alpha value is -4.49. The van der Waals surface area contributed by atoms with E-state index in [1.165, 1.54) is 0 Å². The molecule has 0 radical (unpaired) electrons. The molecule has 4 aromatic rings. The molecular formula is C34H41N3O9. The second-order valence-corrected chi connectivity index (χ2v) is 11.0. The molecule has 0 amide bonds. The van der Waals surface area contributed by atoms with E-state index in [1.54, 1.807) is 67.8 Å². The van der Waals surface area contributed by atoms with Crippen LogP contribution in [0.15, 0.2) is 60.7 Å². The number of methoxy groups -OCH3 is 1. The highest BCUT2D eigenvalue weighted by Crippen LogP contribution is 2.39.